The third-order valence-electron chi connectivity index (χ3n) is 9.51. The molecule has 3 rings (SSSR count). The van der Waals surface area contributed by atoms with Gasteiger partial charge in [-0.05, 0) is 38.3 Å². The van der Waals surface area contributed by atoms with E-state index in [0.29, 0.717) is 19.4 Å². The van der Waals surface area contributed by atoms with Gasteiger partial charge in [0.2, 0.25) is 5.91 Å². The van der Waals surface area contributed by atoms with Gasteiger partial charge < -0.3 is 46.0 Å². The highest BCUT2D eigenvalue weighted by molar-refractivity contribution is 6.43. The number of carboxylic acid groups (broad SMARTS) is 4. The van der Waals surface area contributed by atoms with Crippen molar-refractivity contribution in [2.75, 3.05) is 90.4 Å². The summed E-state index contributed by atoms with van der Waals surface area (Å²) in [5, 5.41) is 62.9. The number of pyridine rings is 1. The molecule has 3 atom stereocenters. The summed E-state index contributed by atoms with van der Waals surface area (Å²) in [5.41, 5.74) is 0.133. The largest absolute Gasteiger partial charge is 0.480 e. The van der Waals surface area contributed by atoms with Gasteiger partial charge in [-0.3, -0.25) is 53.2 Å². The number of aromatic nitrogens is 1. The van der Waals surface area contributed by atoms with E-state index in [4.69, 9.17) is 0 Å². The van der Waals surface area contributed by atoms with Crippen LogP contribution in [0.25, 0.3) is 0 Å². The zero-order valence-corrected chi connectivity index (χ0v) is 30.8. The molecule has 304 valence electrons. The maximum Gasteiger partial charge on any atom is 0.475 e. The molecule has 2 fully saturated rings. The maximum atomic E-state index is 12.9. The van der Waals surface area contributed by atoms with Crippen molar-refractivity contribution in [2.24, 2.45) is 0 Å². The lowest BCUT2D eigenvalue weighted by Crippen LogP contribution is -2.52. The fourth-order valence-electron chi connectivity index (χ4n) is 6.55. The van der Waals surface area contributed by atoms with Crippen LogP contribution >= 0.6 is 0 Å². The summed E-state index contributed by atoms with van der Waals surface area (Å²) in [6.07, 6.45) is 2.04. The molecule has 0 radical (unpaired) electrons. The number of nitrogens with zero attached hydrogens (tertiary/aromatic N) is 6. The third-order valence-corrected chi connectivity index (χ3v) is 9.51. The lowest BCUT2D eigenvalue weighted by atomic mass is 9.78. The molecule has 0 bridgehead atoms. The molecular weight excluding hydrogens is 727 g/mol. The Labute approximate surface area is 318 Å². The Balaban J connectivity index is 1.59. The van der Waals surface area contributed by atoms with Crippen LogP contribution in [-0.4, -0.2) is 212 Å². The van der Waals surface area contributed by atoms with Crippen LogP contribution in [0.1, 0.15) is 43.0 Å². The summed E-state index contributed by atoms with van der Waals surface area (Å²) < 4.78 is 0. The molecule has 3 heterocycles. The second-order valence-electron chi connectivity index (χ2n) is 13.6. The zero-order chi connectivity index (χ0) is 40.7. The van der Waals surface area contributed by atoms with Crippen LogP contribution in [0.2, 0.25) is 0 Å². The fourth-order valence-corrected chi connectivity index (χ4v) is 6.55. The molecule has 2 aliphatic rings. The molecule has 2 aliphatic heterocycles. The van der Waals surface area contributed by atoms with Gasteiger partial charge in [0, 0.05) is 71.5 Å². The van der Waals surface area contributed by atoms with Crippen LogP contribution in [0.5, 0.6) is 0 Å². The molecule has 0 aromatic carbocycles. The predicted molar refractivity (Wildman–Crippen MR) is 194 cm³/mol. The van der Waals surface area contributed by atoms with Gasteiger partial charge in [-0.2, -0.15) is 0 Å². The third kappa shape index (κ3) is 15.1. The van der Waals surface area contributed by atoms with Gasteiger partial charge in [-0.15, -0.1) is 0 Å². The lowest BCUT2D eigenvalue weighted by Gasteiger charge is -2.35. The van der Waals surface area contributed by atoms with E-state index in [1.807, 2.05) is 0 Å². The minimum absolute atomic E-state index is 0.0812. The Morgan fingerprint density at radius 1 is 0.800 bits per heavy atom. The number of nitrogens with one attached hydrogen (secondary N) is 2. The molecule has 1 aromatic rings. The molecular formula is C33H51BN8O13. The van der Waals surface area contributed by atoms with E-state index >= 15 is 0 Å². The highest BCUT2D eigenvalue weighted by atomic mass is 16.4. The van der Waals surface area contributed by atoms with Gasteiger partial charge in [0.1, 0.15) is 17.9 Å². The molecule has 8 N–H and O–H groups in total. The number of hydrogen-bond acceptors (Lipinski definition) is 15. The molecule has 22 heteroatoms. The molecule has 55 heavy (non-hydrogen) atoms. The Morgan fingerprint density at radius 3 is 1.78 bits per heavy atom. The van der Waals surface area contributed by atoms with E-state index < -0.39 is 60.8 Å². The van der Waals surface area contributed by atoms with Crippen molar-refractivity contribution in [2.45, 2.75) is 50.6 Å². The number of likely N-dealkylation sites (tertiary alicyclic amines) is 1. The van der Waals surface area contributed by atoms with Crippen LogP contribution in [0, 0.1) is 0 Å². The van der Waals surface area contributed by atoms with E-state index in [2.05, 4.69) is 15.6 Å². The number of Topliss-reactive ketones (excluding diaryl/α,β-unsaturated/α-hetero) is 1. The molecule has 0 aliphatic carbocycles. The highest BCUT2D eigenvalue weighted by Crippen LogP contribution is 2.19. The molecule has 0 unspecified atom stereocenters. The molecule has 0 spiro atoms. The van der Waals surface area contributed by atoms with Crippen LogP contribution in [0.4, 0.5) is 5.82 Å². The summed E-state index contributed by atoms with van der Waals surface area (Å²) in [4.78, 5) is 97.3. The quantitative estimate of drug-likeness (QED) is 0.0685. The Bertz CT molecular complexity index is 1470. The fraction of sp³-hybridized carbons (Fsp3) is 0.636. The summed E-state index contributed by atoms with van der Waals surface area (Å²) in [6.45, 7) is 1.68. The Morgan fingerprint density at radius 2 is 1.33 bits per heavy atom. The van der Waals surface area contributed by atoms with Crippen molar-refractivity contribution in [1.82, 2.24) is 34.8 Å². The van der Waals surface area contributed by atoms with Crippen molar-refractivity contribution in [3.05, 3.63) is 23.9 Å². The van der Waals surface area contributed by atoms with E-state index in [9.17, 15) is 64.0 Å². The van der Waals surface area contributed by atoms with Gasteiger partial charge in [0.25, 0.3) is 5.91 Å². The topological polar surface area (TPSA) is 294 Å². The molecule has 1 aromatic heterocycles. The van der Waals surface area contributed by atoms with E-state index in [1.165, 1.54) is 30.2 Å². The standard InChI is InChI=1S/C33H51BN8O13/c1-22(32(51)42-8-2-3-26(42)34(54)55)37-31(50)23-4-7-27(35-17-23)36-18-24(43)5-6-25(33(52)53)41-15-13-39(20-29(46)47)11-9-38(19-28(44)45)10-12-40(14-16-41)21-30(48)49/h4,7,17,22,25-26,54-55H,2-3,5-6,8-16,18-21H2,1H3,(H,35,36)(H,37,50)(H,44,45)(H,46,47)(H,48,49)(H,52,53)/t22-,25-,26+/m1/s1. The van der Waals surface area contributed by atoms with Crippen molar-refractivity contribution in [3.63, 3.8) is 0 Å². The number of rotatable bonds is 18. The molecule has 2 saturated heterocycles. The number of ketones is 1. The van der Waals surface area contributed by atoms with Gasteiger partial charge in [-0.1, -0.05) is 0 Å². The highest BCUT2D eigenvalue weighted by Gasteiger charge is 2.38. The number of carbonyl (C=O) groups is 7. The number of carbonyl (C=O) groups excluding carboxylic acids is 3. The average molecular weight is 779 g/mol. The van der Waals surface area contributed by atoms with Crippen LogP contribution in [0.3, 0.4) is 0 Å². The second kappa shape index (κ2) is 22.0. The van der Waals surface area contributed by atoms with Gasteiger partial charge >= 0.3 is 31.0 Å². The van der Waals surface area contributed by atoms with Crippen molar-refractivity contribution in [3.8, 4) is 0 Å². The van der Waals surface area contributed by atoms with E-state index in [1.54, 1.807) is 19.6 Å². The van der Waals surface area contributed by atoms with Gasteiger partial charge in [0.15, 0.2) is 5.78 Å². The summed E-state index contributed by atoms with van der Waals surface area (Å²) in [5.74, 6) is -6.41. The molecule has 0 saturated carbocycles. The number of amides is 2. The van der Waals surface area contributed by atoms with E-state index in [-0.39, 0.29) is 109 Å². The summed E-state index contributed by atoms with van der Waals surface area (Å²) >= 11 is 0. The van der Waals surface area contributed by atoms with Crippen LogP contribution in [0.15, 0.2) is 18.3 Å². The Kier molecular flexibility index (Phi) is 17.8. The minimum atomic E-state index is -1.68. The van der Waals surface area contributed by atoms with Crippen molar-refractivity contribution < 1.29 is 64.0 Å². The Hall–Kier alpha value is -4.74. The number of anilines is 1. The van der Waals surface area contributed by atoms with E-state index in [0.717, 1.165) is 0 Å². The minimum Gasteiger partial charge on any atom is -0.480 e. The van der Waals surface area contributed by atoms with Gasteiger partial charge in [0.05, 0.1) is 37.7 Å². The van der Waals surface area contributed by atoms with Crippen LogP contribution < -0.4 is 10.6 Å². The summed E-state index contributed by atoms with van der Waals surface area (Å²) in [6, 6.07) is 0.785. The van der Waals surface area contributed by atoms with Crippen molar-refractivity contribution >= 4 is 54.4 Å². The van der Waals surface area contributed by atoms with Crippen LogP contribution in [-0.2, 0) is 28.8 Å². The number of carboxylic acids is 4. The molecule has 21 nitrogen and oxygen atoms in total. The van der Waals surface area contributed by atoms with Crippen molar-refractivity contribution in [1.29, 1.82) is 0 Å². The first-order valence-corrected chi connectivity index (χ1v) is 18.0. The smallest absolute Gasteiger partial charge is 0.475 e. The second-order valence-corrected chi connectivity index (χ2v) is 13.6. The number of aliphatic carboxylic acids is 4. The first-order valence-electron chi connectivity index (χ1n) is 18.0. The predicted octanol–water partition coefficient (Wildman–Crippen LogP) is -3.11. The first kappa shape index (κ1) is 44.7. The SMILES string of the molecule is C[C@@H](NC(=O)c1ccc(NCC(=O)CC[C@H](C(=O)O)N2CCN(CC(=O)O)CCN(CC(=O)O)CCN(CC(=O)O)CC2)nc1)C(=O)N1CCC[C@H]1B(O)O. The summed E-state index contributed by atoms with van der Waals surface area (Å²) in [7, 11) is -1.68. The molecule has 2 amide bonds. The maximum absolute atomic E-state index is 12.9. The normalized spacial score (nSPS) is 19.3. The lowest BCUT2D eigenvalue weighted by molar-refractivity contribution is -0.145. The number of hydrogen-bond donors (Lipinski definition) is 8. The average Bonchev–Trinajstić information content (AvgIpc) is 3.61. The monoisotopic (exact) mass is 778 g/mol. The first-order chi connectivity index (χ1) is 26.0. The zero-order valence-electron chi connectivity index (χ0n) is 30.8. The van der Waals surface area contributed by atoms with Gasteiger partial charge in [-0.25, -0.2) is 4.98 Å².